The number of carbonyl (C=O) groups is 1. The Balaban J connectivity index is 1.52. The van der Waals surface area contributed by atoms with Crippen LogP contribution in [0.15, 0.2) is 72.8 Å². The topological polar surface area (TPSA) is 58.6 Å². The molecule has 0 bridgehead atoms. The summed E-state index contributed by atoms with van der Waals surface area (Å²) in [5.41, 5.74) is 1.24. The predicted molar refractivity (Wildman–Crippen MR) is 102 cm³/mol. The fourth-order valence-corrected chi connectivity index (χ4v) is 2.63. The van der Waals surface area contributed by atoms with Crippen molar-refractivity contribution in [1.82, 2.24) is 5.32 Å². The summed E-state index contributed by atoms with van der Waals surface area (Å²) in [6.45, 7) is 0.448. The summed E-state index contributed by atoms with van der Waals surface area (Å²) in [5.74, 6) is 1.10. The van der Waals surface area contributed by atoms with Gasteiger partial charge < -0.3 is 15.2 Å². The first-order valence-corrected chi connectivity index (χ1v) is 8.58. The fraction of sp³-hybridized carbons (Fsp3) is 0.0952. The van der Waals surface area contributed by atoms with Crippen LogP contribution in [0.1, 0.15) is 15.9 Å². The van der Waals surface area contributed by atoms with Crippen molar-refractivity contribution in [2.24, 2.45) is 0 Å². The smallest absolute Gasteiger partial charge is 0.255 e. The monoisotopic (exact) mass is 367 g/mol. The number of halogens is 1. The van der Waals surface area contributed by atoms with Gasteiger partial charge in [0.1, 0.15) is 17.2 Å². The molecule has 26 heavy (non-hydrogen) atoms. The lowest BCUT2D eigenvalue weighted by molar-refractivity contribution is 0.0951. The highest BCUT2D eigenvalue weighted by molar-refractivity contribution is 6.31. The first kappa shape index (κ1) is 17.8. The molecule has 0 unspecified atom stereocenters. The highest BCUT2D eigenvalue weighted by Crippen LogP contribution is 2.22. The minimum absolute atomic E-state index is 0.0886. The van der Waals surface area contributed by atoms with Gasteiger partial charge in [-0.05, 0) is 54.4 Å². The highest BCUT2D eigenvalue weighted by Gasteiger charge is 2.11. The van der Waals surface area contributed by atoms with E-state index in [-0.39, 0.29) is 17.2 Å². The van der Waals surface area contributed by atoms with Gasteiger partial charge in [-0.15, -0.1) is 0 Å². The van der Waals surface area contributed by atoms with Crippen molar-refractivity contribution in [2.75, 3.05) is 6.54 Å². The van der Waals surface area contributed by atoms with E-state index in [9.17, 15) is 9.90 Å². The fourth-order valence-electron chi connectivity index (χ4n) is 2.45. The Labute approximate surface area is 157 Å². The minimum atomic E-state index is -0.353. The lowest BCUT2D eigenvalue weighted by atomic mass is 10.1. The lowest BCUT2D eigenvalue weighted by Gasteiger charge is -2.09. The maximum absolute atomic E-state index is 12.1. The van der Waals surface area contributed by atoms with Crippen LogP contribution in [0.5, 0.6) is 17.2 Å². The van der Waals surface area contributed by atoms with Gasteiger partial charge in [-0.1, -0.05) is 41.9 Å². The molecule has 3 aromatic rings. The van der Waals surface area contributed by atoms with Crippen LogP contribution < -0.4 is 10.1 Å². The second-order valence-electron chi connectivity index (χ2n) is 5.73. The molecule has 3 aromatic carbocycles. The summed E-state index contributed by atoms with van der Waals surface area (Å²) in [6.07, 6.45) is 0.665. The molecule has 2 N–H and O–H groups in total. The van der Waals surface area contributed by atoms with E-state index in [4.69, 9.17) is 16.3 Å². The van der Waals surface area contributed by atoms with Gasteiger partial charge in [0.15, 0.2) is 0 Å². The van der Waals surface area contributed by atoms with Gasteiger partial charge in [0.2, 0.25) is 0 Å². The minimum Gasteiger partial charge on any atom is -0.507 e. The third-order valence-electron chi connectivity index (χ3n) is 3.80. The summed E-state index contributed by atoms with van der Waals surface area (Å²) in [6, 6.07) is 21.7. The Morgan fingerprint density at radius 2 is 1.65 bits per heavy atom. The number of phenols is 1. The van der Waals surface area contributed by atoms with Crippen LogP contribution in [-0.4, -0.2) is 17.6 Å². The first-order valence-electron chi connectivity index (χ1n) is 8.20. The summed E-state index contributed by atoms with van der Waals surface area (Å²) in [5, 5.41) is 12.9. The molecule has 0 atom stereocenters. The van der Waals surface area contributed by atoms with Gasteiger partial charge >= 0.3 is 0 Å². The first-order chi connectivity index (χ1) is 12.6. The molecule has 0 saturated carbocycles. The average molecular weight is 368 g/mol. The van der Waals surface area contributed by atoms with E-state index in [0.29, 0.717) is 18.0 Å². The maximum atomic E-state index is 12.1. The van der Waals surface area contributed by atoms with Crippen molar-refractivity contribution >= 4 is 17.5 Å². The summed E-state index contributed by atoms with van der Waals surface area (Å²) < 4.78 is 5.75. The number of para-hydroxylation sites is 1. The molecule has 5 heteroatoms. The second-order valence-corrected chi connectivity index (χ2v) is 6.16. The van der Waals surface area contributed by atoms with Crippen LogP contribution in [0.25, 0.3) is 0 Å². The maximum Gasteiger partial charge on any atom is 0.255 e. The van der Waals surface area contributed by atoms with Gasteiger partial charge in [-0.2, -0.15) is 0 Å². The molecule has 0 fully saturated rings. The summed E-state index contributed by atoms with van der Waals surface area (Å²) in [7, 11) is 0. The highest BCUT2D eigenvalue weighted by atomic mass is 35.5. The number of rotatable bonds is 6. The van der Waals surface area contributed by atoms with Gasteiger partial charge in [0, 0.05) is 11.6 Å². The van der Waals surface area contributed by atoms with Crippen molar-refractivity contribution in [3.63, 3.8) is 0 Å². The zero-order valence-electron chi connectivity index (χ0n) is 14.0. The van der Waals surface area contributed by atoms with Crippen molar-refractivity contribution in [1.29, 1.82) is 0 Å². The molecule has 1 amide bonds. The van der Waals surface area contributed by atoms with Crippen molar-refractivity contribution in [3.05, 3.63) is 88.9 Å². The van der Waals surface area contributed by atoms with Gasteiger partial charge in [0.05, 0.1) is 5.56 Å². The molecule has 0 heterocycles. The van der Waals surface area contributed by atoms with Gasteiger partial charge in [-0.25, -0.2) is 0 Å². The standard InChI is InChI=1S/C21H18ClNO3/c22-16-8-11-20(24)19(14-16)21(25)23-13-12-15-6-9-18(10-7-15)26-17-4-2-1-3-5-17/h1-11,14,24H,12-13H2,(H,23,25). The molecule has 0 aliphatic carbocycles. The molecule has 0 aliphatic rings. The number of hydrogen-bond acceptors (Lipinski definition) is 3. The Morgan fingerprint density at radius 1 is 0.962 bits per heavy atom. The molecule has 0 radical (unpaired) electrons. The van der Waals surface area contributed by atoms with E-state index in [0.717, 1.165) is 17.1 Å². The average Bonchev–Trinajstić information content (AvgIpc) is 2.66. The number of nitrogens with one attached hydrogen (secondary N) is 1. The van der Waals surface area contributed by atoms with Gasteiger partial charge in [0.25, 0.3) is 5.91 Å². The van der Waals surface area contributed by atoms with E-state index < -0.39 is 0 Å². The van der Waals surface area contributed by atoms with Crippen molar-refractivity contribution in [3.8, 4) is 17.2 Å². The zero-order valence-corrected chi connectivity index (χ0v) is 14.7. The van der Waals surface area contributed by atoms with E-state index in [2.05, 4.69) is 5.32 Å². The van der Waals surface area contributed by atoms with E-state index in [1.165, 1.54) is 18.2 Å². The third-order valence-corrected chi connectivity index (χ3v) is 4.04. The Bertz CT molecular complexity index is 880. The molecule has 0 saturated heterocycles. The molecule has 0 aliphatic heterocycles. The molecule has 0 spiro atoms. The molecular formula is C21H18ClNO3. The van der Waals surface area contributed by atoms with Crippen LogP contribution in [0.2, 0.25) is 5.02 Å². The molecular weight excluding hydrogens is 350 g/mol. The van der Waals surface area contributed by atoms with Crippen LogP contribution >= 0.6 is 11.6 Å². The Kier molecular flexibility index (Phi) is 5.77. The number of aromatic hydroxyl groups is 1. The quantitative estimate of drug-likeness (QED) is 0.657. The van der Waals surface area contributed by atoms with Crippen molar-refractivity contribution in [2.45, 2.75) is 6.42 Å². The molecule has 4 nitrogen and oxygen atoms in total. The normalized spacial score (nSPS) is 10.3. The lowest BCUT2D eigenvalue weighted by Crippen LogP contribution is -2.25. The largest absolute Gasteiger partial charge is 0.507 e. The van der Waals surface area contributed by atoms with Crippen molar-refractivity contribution < 1.29 is 14.6 Å². The molecule has 3 rings (SSSR count). The third kappa shape index (κ3) is 4.77. The number of ether oxygens (including phenoxy) is 1. The SMILES string of the molecule is O=C(NCCc1ccc(Oc2ccccc2)cc1)c1cc(Cl)ccc1O. The number of hydrogen-bond donors (Lipinski definition) is 2. The number of amides is 1. The van der Waals surface area contributed by atoms with E-state index in [1.807, 2.05) is 54.6 Å². The van der Waals surface area contributed by atoms with Crippen LogP contribution in [0, 0.1) is 0 Å². The second kappa shape index (κ2) is 8.41. The van der Waals surface area contributed by atoms with E-state index >= 15 is 0 Å². The van der Waals surface area contributed by atoms with E-state index in [1.54, 1.807) is 0 Å². The van der Waals surface area contributed by atoms with Crippen LogP contribution in [0.4, 0.5) is 0 Å². The summed E-state index contributed by atoms with van der Waals surface area (Å²) >= 11 is 5.86. The molecule has 0 aromatic heterocycles. The Morgan fingerprint density at radius 3 is 2.38 bits per heavy atom. The zero-order chi connectivity index (χ0) is 18.4. The Hall–Kier alpha value is -2.98. The number of carbonyl (C=O) groups excluding carboxylic acids is 1. The molecule has 132 valence electrons. The summed E-state index contributed by atoms with van der Waals surface area (Å²) in [4.78, 5) is 12.1. The van der Waals surface area contributed by atoms with Crippen LogP contribution in [-0.2, 0) is 6.42 Å². The predicted octanol–water partition coefficient (Wildman–Crippen LogP) is 4.81. The van der Waals surface area contributed by atoms with Gasteiger partial charge in [-0.3, -0.25) is 4.79 Å². The van der Waals surface area contributed by atoms with Crippen LogP contribution in [0.3, 0.4) is 0 Å². The number of benzene rings is 3. The number of phenolic OH excluding ortho intramolecular Hbond substituents is 1.